The quantitative estimate of drug-likeness (QED) is 0.738. The fourth-order valence-electron chi connectivity index (χ4n) is 3.30. The van der Waals surface area contributed by atoms with E-state index in [0.717, 1.165) is 33.1 Å². The maximum absolute atomic E-state index is 5.49. The Hall–Kier alpha value is -0.610. The van der Waals surface area contributed by atoms with Gasteiger partial charge < -0.3 is 9.55 Å². The summed E-state index contributed by atoms with van der Waals surface area (Å²) in [5, 5.41) is 0. The molecule has 1 heterocycles. The predicted molar refractivity (Wildman–Crippen MR) is 85.9 cm³/mol. The second kappa shape index (κ2) is 5.41. The fourth-order valence-corrected chi connectivity index (χ4v) is 3.94. The molecule has 1 saturated carbocycles. The molecule has 0 amide bonds. The Morgan fingerprint density at radius 2 is 2.26 bits per heavy atom. The van der Waals surface area contributed by atoms with Crippen molar-refractivity contribution in [3.05, 3.63) is 27.4 Å². The van der Waals surface area contributed by atoms with Gasteiger partial charge in [0.1, 0.15) is 0 Å². The zero-order valence-electron chi connectivity index (χ0n) is 11.2. The highest BCUT2D eigenvalue weighted by atomic mass is 79.9. The van der Waals surface area contributed by atoms with Crippen LogP contribution in [0.1, 0.15) is 32.6 Å². The Balaban J connectivity index is 1.92. The van der Waals surface area contributed by atoms with Crippen molar-refractivity contribution in [2.45, 2.75) is 39.2 Å². The molecule has 0 aliphatic heterocycles. The number of aromatic amines is 1. The molecule has 2 aromatic rings. The van der Waals surface area contributed by atoms with Crippen LogP contribution in [0.5, 0.6) is 0 Å². The van der Waals surface area contributed by atoms with Gasteiger partial charge in [-0.15, -0.1) is 0 Å². The standard InChI is InChI=1S/C15H19BrN2S/c1-10-3-2-4-11(7-10)9-18-14-6-5-12(16)8-13(14)17-15(18)19/h5-6,8,10-11H,2-4,7,9H2,1H3,(H,17,19). The summed E-state index contributed by atoms with van der Waals surface area (Å²) in [4.78, 5) is 3.32. The molecule has 1 aliphatic carbocycles. The van der Waals surface area contributed by atoms with Crippen LogP contribution < -0.4 is 0 Å². The SMILES string of the molecule is CC1CCCC(Cn2c(=S)[nH]c3cc(Br)ccc32)C1. The maximum Gasteiger partial charge on any atom is 0.178 e. The molecule has 2 unspecified atom stereocenters. The van der Waals surface area contributed by atoms with Crippen molar-refractivity contribution >= 4 is 39.2 Å². The number of fused-ring (bicyclic) bond motifs is 1. The molecule has 1 N–H and O–H groups in total. The van der Waals surface area contributed by atoms with E-state index < -0.39 is 0 Å². The summed E-state index contributed by atoms with van der Waals surface area (Å²) in [6, 6.07) is 6.34. The summed E-state index contributed by atoms with van der Waals surface area (Å²) in [6.45, 7) is 3.43. The highest BCUT2D eigenvalue weighted by molar-refractivity contribution is 9.10. The Labute approximate surface area is 127 Å². The molecule has 1 aromatic carbocycles. The van der Waals surface area contributed by atoms with Crippen LogP contribution in [0.3, 0.4) is 0 Å². The molecule has 0 saturated heterocycles. The first-order chi connectivity index (χ1) is 9.13. The molecular formula is C15H19BrN2S. The lowest BCUT2D eigenvalue weighted by atomic mass is 9.82. The van der Waals surface area contributed by atoms with Crippen LogP contribution in [0.4, 0.5) is 0 Å². The summed E-state index contributed by atoms with van der Waals surface area (Å²) in [6.07, 6.45) is 5.44. The lowest BCUT2D eigenvalue weighted by Crippen LogP contribution is -2.18. The van der Waals surface area contributed by atoms with Gasteiger partial charge in [-0.25, -0.2) is 0 Å². The molecule has 1 aromatic heterocycles. The van der Waals surface area contributed by atoms with Crippen molar-refractivity contribution < 1.29 is 0 Å². The topological polar surface area (TPSA) is 20.7 Å². The van der Waals surface area contributed by atoms with Gasteiger partial charge in [0.25, 0.3) is 0 Å². The molecule has 0 spiro atoms. The van der Waals surface area contributed by atoms with Gasteiger partial charge in [-0.2, -0.15) is 0 Å². The lowest BCUT2D eigenvalue weighted by molar-refractivity contribution is 0.258. The summed E-state index contributed by atoms with van der Waals surface area (Å²) >= 11 is 9.00. The second-order valence-corrected chi connectivity index (χ2v) is 7.14. The Kier molecular flexibility index (Phi) is 3.81. The van der Waals surface area contributed by atoms with Gasteiger partial charge in [0.05, 0.1) is 11.0 Å². The van der Waals surface area contributed by atoms with E-state index in [9.17, 15) is 0 Å². The normalized spacial score (nSPS) is 23.9. The molecule has 4 heteroatoms. The van der Waals surface area contributed by atoms with Crippen molar-refractivity contribution in [3.63, 3.8) is 0 Å². The smallest absolute Gasteiger partial charge is 0.178 e. The molecule has 0 radical (unpaired) electrons. The first kappa shape index (κ1) is 13.4. The van der Waals surface area contributed by atoms with Gasteiger partial charge in [-0.1, -0.05) is 35.7 Å². The van der Waals surface area contributed by atoms with E-state index in [0.29, 0.717) is 0 Å². The number of hydrogen-bond acceptors (Lipinski definition) is 1. The van der Waals surface area contributed by atoms with E-state index in [2.05, 4.69) is 50.6 Å². The summed E-state index contributed by atoms with van der Waals surface area (Å²) in [7, 11) is 0. The van der Waals surface area contributed by atoms with Gasteiger partial charge in [0.15, 0.2) is 4.77 Å². The first-order valence-electron chi connectivity index (χ1n) is 7.01. The third-order valence-corrected chi connectivity index (χ3v) is 5.04. The number of aromatic nitrogens is 2. The van der Waals surface area contributed by atoms with Crippen LogP contribution in [0.2, 0.25) is 0 Å². The van der Waals surface area contributed by atoms with Gasteiger partial charge >= 0.3 is 0 Å². The van der Waals surface area contributed by atoms with Crippen molar-refractivity contribution in [3.8, 4) is 0 Å². The van der Waals surface area contributed by atoms with Gasteiger partial charge in [-0.3, -0.25) is 0 Å². The number of benzene rings is 1. The van der Waals surface area contributed by atoms with Crippen molar-refractivity contribution in [1.29, 1.82) is 0 Å². The van der Waals surface area contributed by atoms with Crippen LogP contribution >= 0.6 is 28.1 Å². The van der Waals surface area contributed by atoms with E-state index in [1.54, 1.807) is 0 Å². The lowest BCUT2D eigenvalue weighted by Gasteiger charge is -2.27. The minimum Gasteiger partial charge on any atom is -0.331 e. The molecule has 1 aliphatic rings. The van der Waals surface area contributed by atoms with E-state index in [1.165, 1.54) is 31.2 Å². The van der Waals surface area contributed by atoms with Gasteiger partial charge in [0, 0.05) is 11.0 Å². The largest absolute Gasteiger partial charge is 0.331 e. The summed E-state index contributed by atoms with van der Waals surface area (Å²) < 4.78 is 4.22. The zero-order valence-corrected chi connectivity index (χ0v) is 13.6. The second-order valence-electron chi connectivity index (χ2n) is 5.84. The summed E-state index contributed by atoms with van der Waals surface area (Å²) in [5.41, 5.74) is 2.36. The Morgan fingerprint density at radius 1 is 1.42 bits per heavy atom. The monoisotopic (exact) mass is 338 g/mol. The average molecular weight is 339 g/mol. The summed E-state index contributed by atoms with van der Waals surface area (Å²) in [5.74, 6) is 1.64. The van der Waals surface area contributed by atoms with Gasteiger partial charge in [0.2, 0.25) is 0 Å². The predicted octanol–water partition coefficient (Wildman–Crippen LogP) is 5.29. The fraction of sp³-hybridized carbons (Fsp3) is 0.533. The number of nitrogens with zero attached hydrogens (tertiary/aromatic N) is 1. The third-order valence-electron chi connectivity index (χ3n) is 4.22. The van der Waals surface area contributed by atoms with Crippen molar-refractivity contribution in [2.75, 3.05) is 0 Å². The number of rotatable bonds is 2. The van der Waals surface area contributed by atoms with Crippen molar-refractivity contribution in [2.24, 2.45) is 11.8 Å². The average Bonchev–Trinajstić information content (AvgIpc) is 2.65. The van der Waals surface area contributed by atoms with E-state index >= 15 is 0 Å². The molecule has 19 heavy (non-hydrogen) atoms. The Morgan fingerprint density at radius 3 is 3.05 bits per heavy atom. The first-order valence-corrected chi connectivity index (χ1v) is 8.21. The van der Waals surface area contributed by atoms with E-state index in [-0.39, 0.29) is 0 Å². The zero-order chi connectivity index (χ0) is 13.4. The van der Waals surface area contributed by atoms with Gasteiger partial charge in [-0.05, 0) is 55.1 Å². The number of halogens is 1. The molecular weight excluding hydrogens is 320 g/mol. The molecule has 3 rings (SSSR count). The third kappa shape index (κ3) is 2.79. The maximum atomic E-state index is 5.49. The van der Waals surface area contributed by atoms with Crippen LogP contribution in [0, 0.1) is 16.6 Å². The van der Waals surface area contributed by atoms with Crippen LogP contribution in [0.15, 0.2) is 22.7 Å². The van der Waals surface area contributed by atoms with Crippen LogP contribution in [0.25, 0.3) is 11.0 Å². The minimum atomic E-state index is 0.776. The van der Waals surface area contributed by atoms with Crippen LogP contribution in [-0.4, -0.2) is 9.55 Å². The number of nitrogens with one attached hydrogen (secondary N) is 1. The number of imidazole rings is 1. The molecule has 102 valence electrons. The number of hydrogen-bond donors (Lipinski definition) is 1. The highest BCUT2D eigenvalue weighted by Crippen LogP contribution is 2.31. The van der Waals surface area contributed by atoms with Crippen LogP contribution in [-0.2, 0) is 6.54 Å². The van der Waals surface area contributed by atoms with Crippen molar-refractivity contribution in [1.82, 2.24) is 9.55 Å². The highest BCUT2D eigenvalue weighted by Gasteiger charge is 2.20. The molecule has 1 fully saturated rings. The van der Waals surface area contributed by atoms with E-state index in [1.807, 2.05) is 0 Å². The minimum absolute atomic E-state index is 0.776. The van der Waals surface area contributed by atoms with E-state index in [4.69, 9.17) is 12.2 Å². The number of H-pyrrole nitrogens is 1. The molecule has 2 nitrogen and oxygen atoms in total. The molecule has 0 bridgehead atoms. The Bertz CT molecular complexity index is 643. The molecule has 2 atom stereocenters.